The number of hydrogen-bond donors (Lipinski definition) is 2. The summed E-state index contributed by atoms with van der Waals surface area (Å²) in [5.74, 6) is 0.634. The molecule has 0 fully saturated rings. The lowest BCUT2D eigenvalue weighted by molar-refractivity contribution is 0.199. The molecule has 1 aromatic heterocycles. The van der Waals surface area contributed by atoms with E-state index in [1.165, 1.54) is 0 Å². The lowest BCUT2D eigenvalue weighted by Crippen LogP contribution is -1.96. The molecule has 1 heterocycles. The molecule has 2 rings (SSSR count). The van der Waals surface area contributed by atoms with Gasteiger partial charge in [-0.05, 0) is 12.5 Å². The molecule has 1 aromatic carbocycles. The van der Waals surface area contributed by atoms with Gasteiger partial charge in [-0.25, -0.2) is 0 Å². The highest BCUT2D eigenvalue weighted by atomic mass is 16.3. The third-order valence-electron chi connectivity index (χ3n) is 2.60. The molecular weight excluding hydrogens is 202 g/mol. The molecule has 4 heteroatoms. The molecule has 16 heavy (non-hydrogen) atoms. The summed E-state index contributed by atoms with van der Waals surface area (Å²) in [7, 11) is 1.81. The van der Waals surface area contributed by atoms with Gasteiger partial charge in [0.1, 0.15) is 5.82 Å². The van der Waals surface area contributed by atoms with E-state index in [0.29, 0.717) is 5.82 Å². The number of nitrogens with zero attached hydrogens (tertiary/aromatic N) is 2. The van der Waals surface area contributed by atoms with Crippen LogP contribution in [0.2, 0.25) is 0 Å². The van der Waals surface area contributed by atoms with E-state index in [1.807, 2.05) is 37.4 Å². The zero-order chi connectivity index (χ0) is 11.7. The molecule has 0 aliphatic carbocycles. The van der Waals surface area contributed by atoms with Gasteiger partial charge in [-0.2, -0.15) is 5.10 Å². The summed E-state index contributed by atoms with van der Waals surface area (Å²) in [6.07, 6.45) is -0.442. The minimum atomic E-state index is -0.442. The van der Waals surface area contributed by atoms with Gasteiger partial charge in [0.2, 0.25) is 0 Å². The molecule has 1 atom stereocenters. The average Bonchev–Trinajstić information content (AvgIpc) is 2.59. The summed E-state index contributed by atoms with van der Waals surface area (Å²) in [6, 6.07) is 9.49. The number of aliphatic hydroxyl groups excluding tert-OH is 1. The SMILES string of the molecule is CC(O)c1ccc(-c2cc(N)n(C)n2)cc1. The lowest BCUT2D eigenvalue weighted by atomic mass is 10.1. The standard InChI is InChI=1S/C12H15N3O/c1-8(16)9-3-5-10(6-4-9)11-7-12(13)15(2)14-11/h3-8,16H,13H2,1-2H3. The second-order valence-corrected chi connectivity index (χ2v) is 3.88. The van der Waals surface area contributed by atoms with E-state index in [4.69, 9.17) is 5.73 Å². The summed E-state index contributed by atoms with van der Waals surface area (Å²) in [4.78, 5) is 0. The maximum absolute atomic E-state index is 9.39. The van der Waals surface area contributed by atoms with E-state index in [2.05, 4.69) is 5.10 Å². The van der Waals surface area contributed by atoms with E-state index in [0.717, 1.165) is 16.8 Å². The molecule has 3 N–H and O–H groups in total. The molecular formula is C12H15N3O. The molecule has 0 saturated heterocycles. The Labute approximate surface area is 94.3 Å². The molecule has 0 saturated carbocycles. The number of aromatic nitrogens is 2. The van der Waals surface area contributed by atoms with Crippen LogP contribution in [0, 0.1) is 0 Å². The second kappa shape index (κ2) is 3.98. The van der Waals surface area contributed by atoms with Gasteiger partial charge in [-0.1, -0.05) is 24.3 Å². The Morgan fingerprint density at radius 3 is 2.38 bits per heavy atom. The van der Waals surface area contributed by atoms with Crippen molar-refractivity contribution < 1.29 is 5.11 Å². The van der Waals surface area contributed by atoms with E-state index >= 15 is 0 Å². The summed E-state index contributed by atoms with van der Waals surface area (Å²) in [5, 5.41) is 13.7. The quantitative estimate of drug-likeness (QED) is 0.805. The Hall–Kier alpha value is -1.81. The number of aliphatic hydroxyl groups is 1. The number of nitrogen functional groups attached to an aromatic ring is 1. The van der Waals surface area contributed by atoms with Crippen molar-refractivity contribution in [3.8, 4) is 11.3 Å². The Bertz CT molecular complexity index is 466. The highest BCUT2D eigenvalue weighted by Gasteiger charge is 2.05. The van der Waals surface area contributed by atoms with Crippen LogP contribution in [0.4, 0.5) is 5.82 Å². The average molecular weight is 217 g/mol. The van der Waals surface area contributed by atoms with Gasteiger partial charge in [0, 0.05) is 18.7 Å². The van der Waals surface area contributed by atoms with Crippen LogP contribution < -0.4 is 5.73 Å². The van der Waals surface area contributed by atoms with Crippen molar-refractivity contribution in [3.63, 3.8) is 0 Å². The van der Waals surface area contributed by atoms with Crippen molar-refractivity contribution in [2.45, 2.75) is 13.0 Å². The van der Waals surface area contributed by atoms with Gasteiger partial charge in [-0.15, -0.1) is 0 Å². The van der Waals surface area contributed by atoms with Crippen molar-refractivity contribution in [1.29, 1.82) is 0 Å². The highest BCUT2D eigenvalue weighted by Crippen LogP contribution is 2.22. The van der Waals surface area contributed by atoms with E-state index in [-0.39, 0.29) is 0 Å². The number of benzene rings is 1. The second-order valence-electron chi connectivity index (χ2n) is 3.88. The van der Waals surface area contributed by atoms with Crippen LogP contribution in [0.1, 0.15) is 18.6 Å². The largest absolute Gasteiger partial charge is 0.389 e. The Kier molecular flexibility index (Phi) is 2.66. The fourth-order valence-corrected chi connectivity index (χ4v) is 1.56. The maximum Gasteiger partial charge on any atom is 0.121 e. The predicted molar refractivity (Wildman–Crippen MR) is 63.7 cm³/mol. The fourth-order valence-electron chi connectivity index (χ4n) is 1.56. The van der Waals surface area contributed by atoms with Crippen molar-refractivity contribution >= 4 is 5.82 Å². The van der Waals surface area contributed by atoms with Crippen LogP contribution in [0.25, 0.3) is 11.3 Å². The normalized spacial score (nSPS) is 12.7. The molecule has 0 amide bonds. The number of hydrogen-bond acceptors (Lipinski definition) is 3. The van der Waals surface area contributed by atoms with Crippen LogP contribution in [-0.4, -0.2) is 14.9 Å². The van der Waals surface area contributed by atoms with Crippen LogP contribution in [0.5, 0.6) is 0 Å². The predicted octanol–water partition coefficient (Wildman–Crippen LogP) is 1.72. The lowest BCUT2D eigenvalue weighted by Gasteiger charge is -2.04. The van der Waals surface area contributed by atoms with Crippen molar-refractivity contribution in [1.82, 2.24) is 9.78 Å². The number of nitrogens with two attached hydrogens (primary N) is 1. The molecule has 2 aromatic rings. The van der Waals surface area contributed by atoms with Gasteiger partial charge < -0.3 is 10.8 Å². The van der Waals surface area contributed by atoms with Gasteiger partial charge in [0.15, 0.2) is 0 Å². The summed E-state index contributed by atoms with van der Waals surface area (Å²) < 4.78 is 1.64. The molecule has 0 radical (unpaired) electrons. The molecule has 0 aliphatic heterocycles. The van der Waals surface area contributed by atoms with Gasteiger partial charge in [0.25, 0.3) is 0 Å². The van der Waals surface area contributed by atoms with E-state index in [9.17, 15) is 5.11 Å². The van der Waals surface area contributed by atoms with Crippen LogP contribution in [0.3, 0.4) is 0 Å². The molecule has 0 spiro atoms. The van der Waals surface area contributed by atoms with Gasteiger partial charge in [-0.3, -0.25) is 4.68 Å². The van der Waals surface area contributed by atoms with Crippen LogP contribution >= 0.6 is 0 Å². The van der Waals surface area contributed by atoms with E-state index < -0.39 is 6.10 Å². The monoisotopic (exact) mass is 217 g/mol. The highest BCUT2D eigenvalue weighted by molar-refractivity contribution is 5.62. The molecule has 1 unspecified atom stereocenters. The zero-order valence-electron chi connectivity index (χ0n) is 9.38. The third-order valence-corrected chi connectivity index (χ3v) is 2.60. The smallest absolute Gasteiger partial charge is 0.121 e. The maximum atomic E-state index is 9.39. The van der Waals surface area contributed by atoms with Crippen molar-refractivity contribution in [2.24, 2.45) is 7.05 Å². The van der Waals surface area contributed by atoms with Crippen molar-refractivity contribution in [2.75, 3.05) is 5.73 Å². The fraction of sp³-hybridized carbons (Fsp3) is 0.250. The minimum Gasteiger partial charge on any atom is -0.389 e. The minimum absolute atomic E-state index is 0.442. The Balaban J connectivity index is 2.34. The first-order valence-electron chi connectivity index (χ1n) is 5.16. The topological polar surface area (TPSA) is 64.1 Å². The molecule has 4 nitrogen and oxygen atoms in total. The summed E-state index contributed by atoms with van der Waals surface area (Å²) in [6.45, 7) is 1.74. The van der Waals surface area contributed by atoms with Gasteiger partial charge >= 0.3 is 0 Å². The number of anilines is 1. The first-order chi connectivity index (χ1) is 7.58. The molecule has 0 aliphatic rings. The first kappa shape index (κ1) is 10.7. The van der Waals surface area contributed by atoms with Crippen LogP contribution in [0.15, 0.2) is 30.3 Å². The van der Waals surface area contributed by atoms with Crippen LogP contribution in [-0.2, 0) is 7.05 Å². The molecule has 84 valence electrons. The first-order valence-corrected chi connectivity index (χ1v) is 5.16. The zero-order valence-corrected chi connectivity index (χ0v) is 9.38. The summed E-state index contributed by atoms with van der Waals surface area (Å²) >= 11 is 0. The van der Waals surface area contributed by atoms with E-state index in [1.54, 1.807) is 11.6 Å². The van der Waals surface area contributed by atoms with Gasteiger partial charge in [0.05, 0.1) is 11.8 Å². The number of rotatable bonds is 2. The summed E-state index contributed by atoms with van der Waals surface area (Å²) in [5.41, 5.74) is 8.45. The third kappa shape index (κ3) is 1.92. The number of aryl methyl sites for hydroxylation is 1. The Morgan fingerprint density at radius 1 is 1.31 bits per heavy atom. The molecule has 0 bridgehead atoms. The van der Waals surface area contributed by atoms with Crippen molar-refractivity contribution in [3.05, 3.63) is 35.9 Å². The Morgan fingerprint density at radius 2 is 1.94 bits per heavy atom.